The molecular formula is C17H31N3O2. The fourth-order valence-corrected chi connectivity index (χ4v) is 3.63. The Bertz CT molecular complexity index is 393. The number of rotatable bonds is 4. The smallest absolute Gasteiger partial charge is 0.245 e. The van der Waals surface area contributed by atoms with Crippen LogP contribution in [-0.4, -0.2) is 47.9 Å². The first-order chi connectivity index (χ1) is 10.5. The van der Waals surface area contributed by atoms with Crippen LogP contribution in [0.1, 0.15) is 59.3 Å². The van der Waals surface area contributed by atoms with E-state index in [1.54, 1.807) is 6.92 Å². The van der Waals surface area contributed by atoms with Gasteiger partial charge in [0, 0.05) is 31.6 Å². The fourth-order valence-electron chi connectivity index (χ4n) is 3.63. The van der Waals surface area contributed by atoms with Gasteiger partial charge in [0.25, 0.3) is 0 Å². The third-order valence-corrected chi connectivity index (χ3v) is 5.26. The number of carbonyl (C=O) groups is 2. The minimum atomic E-state index is -0.427. The van der Waals surface area contributed by atoms with Crippen molar-refractivity contribution in [3.63, 3.8) is 0 Å². The second-order valence-corrected chi connectivity index (χ2v) is 7.01. The van der Waals surface area contributed by atoms with Crippen molar-refractivity contribution >= 4 is 11.8 Å². The molecule has 1 aliphatic carbocycles. The summed E-state index contributed by atoms with van der Waals surface area (Å²) in [6.45, 7) is 7.50. The van der Waals surface area contributed by atoms with E-state index in [1.165, 1.54) is 19.3 Å². The quantitative estimate of drug-likeness (QED) is 0.830. The number of piperazine rings is 1. The van der Waals surface area contributed by atoms with Crippen LogP contribution in [0.3, 0.4) is 0 Å². The van der Waals surface area contributed by atoms with Crippen LogP contribution in [0.2, 0.25) is 0 Å². The van der Waals surface area contributed by atoms with Crippen LogP contribution in [0, 0.1) is 5.92 Å². The summed E-state index contributed by atoms with van der Waals surface area (Å²) in [6.07, 6.45) is 6.66. The second kappa shape index (κ2) is 7.95. The first kappa shape index (κ1) is 17.3. The van der Waals surface area contributed by atoms with E-state index >= 15 is 0 Å². The Hall–Kier alpha value is -1.10. The largest absolute Gasteiger partial charge is 0.345 e. The van der Waals surface area contributed by atoms with Gasteiger partial charge in [-0.3, -0.25) is 9.59 Å². The summed E-state index contributed by atoms with van der Waals surface area (Å²) in [7, 11) is 0. The van der Waals surface area contributed by atoms with Crippen LogP contribution in [-0.2, 0) is 9.59 Å². The van der Waals surface area contributed by atoms with Gasteiger partial charge in [-0.15, -0.1) is 0 Å². The van der Waals surface area contributed by atoms with Gasteiger partial charge in [0.1, 0.15) is 6.04 Å². The first-order valence-corrected chi connectivity index (χ1v) is 8.82. The Morgan fingerprint density at radius 2 is 1.91 bits per heavy atom. The van der Waals surface area contributed by atoms with Crippen LogP contribution in [0.4, 0.5) is 0 Å². The summed E-state index contributed by atoms with van der Waals surface area (Å²) in [5, 5.41) is 6.28. The normalized spacial score (nSPS) is 28.2. The lowest BCUT2D eigenvalue weighted by atomic mass is 9.87. The van der Waals surface area contributed by atoms with E-state index in [4.69, 9.17) is 0 Å². The summed E-state index contributed by atoms with van der Waals surface area (Å²) in [6, 6.07) is 0.0330. The van der Waals surface area contributed by atoms with E-state index in [0.29, 0.717) is 24.9 Å². The lowest BCUT2D eigenvalue weighted by Crippen LogP contribution is -2.60. The third-order valence-electron chi connectivity index (χ3n) is 5.26. The lowest BCUT2D eigenvalue weighted by molar-refractivity contribution is -0.139. The van der Waals surface area contributed by atoms with Gasteiger partial charge in [-0.25, -0.2) is 0 Å². The molecule has 5 nitrogen and oxygen atoms in total. The number of nitrogens with one attached hydrogen (secondary N) is 2. The highest BCUT2D eigenvalue weighted by Crippen LogP contribution is 2.26. The average Bonchev–Trinajstić information content (AvgIpc) is 2.50. The molecule has 0 aromatic rings. The topological polar surface area (TPSA) is 61.4 Å². The molecule has 2 fully saturated rings. The van der Waals surface area contributed by atoms with Crippen molar-refractivity contribution in [2.75, 3.05) is 13.1 Å². The van der Waals surface area contributed by atoms with E-state index in [-0.39, 0.29) is 17.9 Å². The number of amides is 2. The molecule has 0 aromatic heterocycles. The molecule has 2 amide bonds. The van der Waals surface area contributed by atoms with Crippen LogP contribution < -0.4 is 10.6 Å². The van der Waals surface area contributed by atoms with E-state index in [9.17, 15) is 9.59 Å². The molecule has 3 atom stereocenters. The molecule has 1 heterocycles. The van der Waals surface area contributed by atoms with Crippen LogP contribution in [0.5, 0.6) is 0 Å². The standard InChI is InChI=1S/C17H31N3O2/c1-12-14(3)20(10-9-18-12)17(22)13(2)19-16(21)11-15-7-5-4-6-8-15/h12-15,18H,4-11H2,1-3H3,(H,19,21). The maximum Gasteiger partial charge on any atom is 0.245 e. The Kier molecular flexibility index (Phi) is 6.24. The molecule has 2 N–H and O–H groups in total. The van der Waals surface area contributed by atoms with E-state index in [0.717, 1.165) is 19.4 Å². The summed E-state index contributed by atoms with van der Waals surface area (Å²) in [5.74, 6) is 0.579. The molecule has 0 bridgehead atoms. The Labute approximate surface area is 134 Å². The maximum atomic E-state index is 12.6. The molecule has 2 rings (SSSR count). The number of hydrogen-bond acceptors (Lipinski definition) is 3. The highest BCUT2D eigenvalue weighted by atomic mass is 16.2. The molecule has 5 heteroatoms. The highest BCUT2D eigenvalue weighted by molar-refractivity contribution is 5.87. The zero-order valence-corrected chi connectivity index (χ0v) is 14.2. The lowest BCUT2D eigenvalue weighted by Gasteiger charge is -2.40. The highest BCUT2D eigenvalue weighted by Gasteiger charge is 2.31. The summed E-state index contributed by atoms with van der Waals surface area (Å²) >= 11 is 0. The molecule has 2 aliphatic rings. The second-order valence-electron chi connectivity index (χ2n) is 7.01. The van der Waals surface area contributed by atoms with Gasteiger partial charge >= 0.3 is 0 Å². The Balaban J connectivity index is 1.81. The van der Waals surface area contributed by atoms with Crippen molar-refractivity contribution in [2.45, 2.75) is 77.4 Å². The van der Waals surface area contributed by atoms with Crippen LogP contribution in [0.15, 0.2) is 0 Å². The molecule has 0 radical (unpaired) electrons. The minimum Gasteiger partial charge on any atom is -0.345 e. The predicted octanol–water partition coefficient (Wildman–Crippen LogP) is 1.67. The van der Waals surface area contributed by atoms with E-state index in [1.807, 2.05) is 4.90 Å². The van der Waals surface area contributed by atoms with Crippen molar-refractivity contribution in [3.8, 4) is 0 Å². The summed E-state index contributed by atoms with van der Waals surface area (Å²) in [4.78, 5) is 26.6. The monoisotopic (exact) mass is 309 g/mol. The number of nitrogens with zero attached hydrogens (tertiary/aromatic N) is 1. The van der Waals surface area contributed by atoms with Crippen molar-refractivity contribution in [3.05, 3.63) is 0 Å². The van der Waals surface area contributed by atoms with Crippen LogP contribution in [0.25, 0.3) is 0 Å². The third kappa shape index (κ3) is 4.45. The average molecular weight is 309 g/mol. The van der Waals surface area contributed by atoms with Gasteiger partial charge < -0.3 is 15.5 Å². The number of hydrogen-bond donors (Lipinski definition) is 2. The van der Waals surface area contributed by atoms with Gasteiger partial charge in [-0.1, -0.05) is 19.3 Å². The Morgan fingerprint density at radius 1 is 1.23 bits per heavy atom. The van der Waals surface area contributed by atoms with E-state index < -0.39 is 6.04 Å². The molecular weight excluding hydrogens is 278 g/mol. The molecule has 126 valence electrons. The maximum absolute atomic E-state index is 12.6. The van der Waals surface area contributed by atoms with Crippen LogP contribution >= 0.6 is 0 Å². The minimum absolute atomic E-state index is 0.0311. The molecule has 1 saturated heterocycles. The van der Waals surface area contributed by atoms with Gasteiger partial charge in [-0.2, -0.15) is 0 Å². The predicted molar refractivity (Wildman–Crippen MR) is 87.4 cm³/mol. The zero-order chi connectivity index (χ0) is 16.1. The molecule has 1 aliphatic heterocycles. The van der Waals surface area contributed by atoms with Gasteiger partial charge in [0.15, 0.2) is 0 Å². The fraction of sp³-hybridized carbons (Fsp3) is 0.882. The van der Waals surface area contributed by atoms with E-state index in [2.05, 4.69) is 24.5 Å². The van der Waals surface area contributed by atoms with Gasteiger partial charge in [-0.05, 0) is 39.5 Å². The molecule has 3 unspecified atom stereocenters. The SMILES string of the molecule is CC(NC(=O)CC1CCCCC1)C(=O)N1CCNC(C)C1C. The van der Waals surface area contributed by atoms with Crippen molar-refractivity contribution in [2.24, 2.45) is 5.92 Å². The first-order valence-electron chi connectivity index (χ1n) is 8.82. The molecule has 0 aromatic carbocycles. The molecule has 1 saturated carbocycles. The van der Waals surface area contributed by atoms with Crippen molar-refractivity contribution in [1.82, 2.24) is 15.5 Å². The number of carbonyl (C=O) groups excluding carboxylic acids is 2. The van der Waals surface area contributed by atoms with Crippen molar-refractivity contribution < 1.29 is 9.59 Å². The summed E-state index contributed by atoms with van der Waals surface area (Å²) < 4.78 is 0. The molecule has 22 heavy (non-hydrogen) atoms. The Morgan fingerprint density at radius 3 is 2.59 bits per heavy atom. The molecule has 0 spiro atoms. The van der Waals surface area contributed by atoms with Gasteiger partial charge in [0.05, 0.1) is 0 Å². The van der Waals surface area contributed by atoms with Crippen molar-refractivity contribution in [1.29, 1.82) is 0 Å². The zero-order valence-electron chi connectivity index (χ0n) is 14.2. The van der Waals surface area contributed by atoms with Gasteiger partial charge in [0.2, 0.25) is 11.8 Å². The summed E-state index contributed by atoms with van der Waals surface area (Å²) in [5.41, 5.74) is 0.